The van der Waals surface area contributed by atoms with Crippen LogP contribution in [-0.4, -0.2) is 58.6 Å². The number of ether oxygens (including phenoxy) is 3. The molecule has 2 heterocycles. The Balaban J connectivity index is 1.29. The number of rotatable bonds is 11. The van der Waals surface area contributed by atoms with Gasteiger partial charge >= 0.3 is 0 Å². The van der Waals surface area contributed by atoms with Crippen molar-refractivity contribution in [2.45, 2.75) is 58.2 Å². The normalized spacial score (nSPS) is 18.6. The Kier molecular flexibility index (Phi) is 8.88. The molecule has 3 aromatic rings. The van der Waals surface area contributed by atoms with Gasteiger partial charge in [0.15, 0.2) is 11.5 Å². The lowest BCUT2D eigenvalue weighted by molar-refractivity contribution is -0.0170. The Morgan fingerprint density at radius 1 is 1.00 bits per heavy atom. The second-order valence-electron chi connectivity index (χ2n) is 9.90. The number of imidazole rings is 1. The molecule has 1 aliphatic rings. The summed E-state index contributed by atoms with van der Waals surface area (Å²) in [7, 11) is 1.67. The van der Waals surface area contributed by atoms with Crippen LogP contribution in [0.1, 0.15) is 42.4 Å². The summed E-state index contributed by atoms with van der Waals surface area (Å²) < 4.78 is 19.7. The Labute approximate surface area is 214 Å². The SMILES string of the molecule is COc1ccc(CN2CCCC(O)(COc3ccc(C)cc3C)CC2)cc1OCCCn1ccnc1. The van der Waals surface area contributed by atoms with Crippen LogP contribution in [0.5, 0.6) is 17.2 Å². The molecule has 1 aromatic heterocycles. The van der Waals surface area contributed by atoms with Gasteiger partial charge in [-0.25, -0.2) is 4.98 Å². The number of hydrogen-bond acceptors (Lipinski definition) is 6. The predicted octanol–water partition coefficient (Wildman–Crippen LogP) is 4.77. The van der Waals surface area contributed by atoms with Crippen molar-refractivity contribution in [1.82, 2.24) is 14.5 Å². The fourth-order valence-corrected chi connectivity index (χ4v) is 4.75. The first-order valence-corrected chi connectivity index (χ1v) is 12.8. The average Bonchev–Trinajstić information content (AvgIpc) is 3.31. The summed E-state index contributed by atoms with van der Waals surface area (Å²) in [5.41, 5.74) is 2.69. The Morgan fingerprint density at radius 2 is 1.86 bits per heavy atom. The van der Waals surface area contributed by atoms with Crippen molar-refractivity contribution in [3.63, 3.8) is 0 Å². The van der Waals surface area contributed by atoms with E-state index in [1.165, 1.54) is 11.1 Å². The van der Waals surface area contributed by atoms with Crippen LogP contribution in [-0.2, 0) is 13.1 Å². The van der Waals surface area contributed by atoms with E-state index in [0.29, 0.717) is 19.6 Å². The maximum absolute atomic E-state index is 11.2. The van der Waals surface area contributed by atoms with Crippen molar-refractivity contribution >= 4 is 0 Å². The van der Waals surface area contributed by atoms with Gasteiger partial charge in [-0.05, 0) is 75.4 Å². The van der Waals surface area contributed by atoms with E-state index in [-0.39, 0.29) is 0 Å². The number of aliphatic hydroxyl groups is 1. The van der Waals surface area contributed by atoms with E-state index < -0.39 is 5.60 Å². The van der Waals surface area contributed by atoms with E-state index in [2.05, 4.69) is 35.0 Å². The van der Waals surface area contributed by atoms with Gasteiger partial charge in [0.2, 0.25) is 0 Å². The maximum atomic E-state index is 11.2. The smallest absolute Gasteiger partial charge is 0.161 e. The van der Waals surface area contributed by atoms with Gasteiger partial charge in [0.05, 0.1) is 25.6 Å². The van der Waals surface area contributed by atoms with Gasteiger partial charge in [-0.1, -0.05) is 23.8 Å². The molecular weight excluding hydrogens is 454 g/mol. The Morgan fingerprint density at radius 3 is 2.64 bits per heavy atom. The minimum atomic E-state index is -0.810. The highest BCUT2D eigenvalue weighted by Gasteiger charge is 2.31. The first kappa shape index (κ1) is 26.0. The molecule has 0 radical (unpaired) electrons. The molecule has 194 valence electrons. The van der Waals surface area contributed by atoms with E-state index in [9.17, 15) is 5.11 Å². The highest BCUT2D eigenvalue weighted by atomic mass is 16.5. The van der Waals surface area contributed by atoms with Crippen LogP contribution in [0, 0.1) is 13.8 Å². The van der Waals surface area contributed by atoms with Crippen LogP contribution < -0.4 is 14.2 Å². The van der Waals surface area contributed by atoms with Crippen LogP contribution >= 0.6 is 0 Å². The van der Waals surface area contributed by atoms with Crippen LogP contribution in [0.4, 0.5) is 0 Å². The van der Waals surface area contributed by atoms with Crippen molar-refractivity contribution < 1.29 is 19.3 Å². The standard InChI is InChI=1S/C29H39N3O4/c1-23-6-8-26(24(2)18-23)36-21-29(33)10-4-13-31(15-11-29)20-25-7-9-27(34-3)28(19-25)35-17-5-14-32-16-12-30-22-32/h6-9,12,16,18-19,22,33H,4-5,10-11,13-15,17,20-21H2,1-3H3. The second-order valence-corrected chi connectivity index (χ2v) is 9.90. The van der Waals surface area contributed by atoms with E-state index >= 15 is 0 Å². The molecule has 4 rings (SSSR count). The van der Waals surface area contributed by atoms with Crippen molar-refractivity contribution in [3.8, 4) is 17.2 Å². The lowest BCUT2D eigenvalue weighted by Gasteiger charge is -2.27. The molecule has 1 unspecified atom stereocenters. The number of hydrogen-bond donors (Lipinski definition) is 1. The van der Waals surface area contributed by atoms with Gasteiger partial charge in [-0.2, -0.15) is 0 Å². The highest BCUT2D eigenvalue weighted by Crippen LogP contribution is 2.30. The number of nitrogens with zero attached hydrogens (tertiary/aromatic N) is 3. The second kappa shape index (κ2) is 12.3. The molecule has 2 aromatic carbocycles. The molecule has 1 fully saturated rings. The van der Waals surface area contributed by atoms with Crippen LogP contribution in [0.2, 0.25) is 0 Å². The summed E-state index contributed by atoms with van der Waals surface area (Å²) in [4.78, 5) is 6.48. The third-order valence-electron chi connectivity index (χ3n) is 6.85. The van der Waals surface area contributed by atoms with Crippen LogP contribution in [0.15, 0.2) is 55.1 Å². The molecule has 36 heavy (non-hydrogen) atoms. The molecule has 0 aliphatic carbocycles. The lowest BCUT2D eigenvalue weighted by Crippen LogP contribution is -2.37. The van der Waals surface area contributed by atoms with Gasteiger partial charge in [-0.15, -0.1) is 0 Å². The predicted molar refractivity (Wildman–Crippen MR) is 141 cm³/mol. The topological polar surface area (TPSA) is 69.0 Å². The van der Waals surface area contributed by atoms with Gasteiger partial charge < -0.3 is 23.9 Å². The zero-order valence-corrected chi connectivity index (χ0v) is 21.8. The summed E-state index contributed by atoms with van der Waals surface area (Å²) in [6, 6.07) is 12.3. The van der Waals surface area contributed by atoms with E-state index in [4.69, 9.17) is 14.2 Å². The summed E-state index contributed by atoms with van der Waals surface area (Å²) in [5.74, 6) is 2.37. The largest absolute Gasteiger partial charge is 0.493 e. The number of aryl methyl sites for hydroxylation is 3. The zero-order chi connectivity index (χ0) is 25.4. The minimum Gasteiger partial charge on any atom is -0.493 e. The Hall–Kier alpha value is -3.03. The monoisotopic (exact) mass is 493 g/mol. The maximum Gasteiger partial charge on any atom is 0.161 e. The highest BCUT2D eigenvalue weighted by molar-refractivity contribution is 5.43. The number of benzene rings is 2. The summed E-state index contributed by atoms with van der Waals surface area (Å²) in [5, 5.41) is 11.2. The number of likely N-dealkylation sites (tertiary alicyclic amines) is 1. The molecule has 1 aliphatic heterocycles. The third kappa shape index (κ3) is 7.24. The molecule has 7 nitrogen and oxygen atoms in total. The quantitative estimate of drug-likeness (QED) is 0.388. The number of methoxy groups -OCH3 is 1. The minimum absolute atomic E-state index is 0.324. The van der Waals surface area contributed by atoms with Crippen molar-refractivity contribution in [1.29, 1.82) is 0 Å². The number of aromatic nitrogens is 2. The first-order valence-electron chi connectivity index (χ1n) is 12.8. The fourth-order valence-electron chi connectivity index (χ4n) is 4.75. The molecule has 7 heteroatoms. The zero-order valence-electron chi connectivity index (χ0n) is 21.8. The van der Waals surface area contributed by atoms with E-state index in [1.54, 1.807) is 13.3 Å². The summed E-state index contributed by atoms with van der Waals surface area (Å²) in [6.07, 6.45) is 8.81. The lowest BCUT2D eigenvalue weighted by atomic mass is 9.96. The molecule has 1 N–H and O–H groups in total. The summed E-state index contributed by atoms with van der Waals surface area (Å²) in [6.45, 7) is 8.49. The van der Waals surface area contributed by atoms with Crippen molar-refractivity contribution in [2.24, 2.45) is 0 Å². The van der Waals surface area contributed by atoms with E-state index in [0.717, 1.165) is 68.3 Å². The van der Waals surface area contributed by atoms with Gasteiger partial charge in [0.25, 0.3) is 0 Å². The van der Waals surface area contributed by atoms with Crippen molar-refractivity contribution in [3.05, 3.63) is 71.8 Å². The van der Waals surface area contributed by atoms with Crippen LogP contribution in [0.25, 0.3) is 0 Å². The van der Waals surface area contributed by atoms with Gasteiger partial charge in [0, 0.05) is 32.0 Å². The van der Waals surface area contributed by atoms with Gasteiger partial charge in [0.1, 0.15) is 12.4 Å². The molecule has 0 saturated carbocycles. The third-order valence-corrected chi connectivity index (χ3v) is 6.85. The summed E-state index contributed by atoms with van der Waals surface area (Å²) >= 11 is 0. The molecule has 1 atom stereocenters. The molecule has 0 spiro atoms. The average molecular weight is 494 g/mol. The molecule has 0 bridgehead atoms. The molecule has 0 amide bonds. The van der Waals surface area contributed by atoms with Crippen molar-refractivity contribution in [2.75, 3.05) is 33.4 Å². The Bertz CT molecular complexity index is 1100. The first-order chi connectivity index (χ1) is 17.4. The van der Waals surface area contributed by atoms with E-state index in [1.807, 2.05) is 42.2 Å². The van der Waals surface area contributed by atoms with Gasteiger partial charge in [-0.3, -0.25) is 4.90 Å². The molecule has 1 saturated heterocycles. The fraction of sp³-hybridized carbons (Fsp3) is 0.483. The van der Waals surface area contributed by atoms with Crippen LogP contribution in [0.3, 0.4) is 0 Å². The molecular formula is C29H39N3O4.